The van der Waals surface area contributed by atoms with E-state index in [9.17, 15) is 9.59 Å². The molecule has 1 aliphatic heterocycles. The van der Waals surface area contributed by atoms with Gasteiger partial charge in [0.05, 0.1) is 12.2 Å². The van der Waals surface area contributed by atoms with Crippen LogP contribution in [0.4, 0.5) is 0 Å². The standard InChI is InChI=1S/C17H17NO4/c19-16(18-9-6-13(7-10-18)17(20)21)15-14(8-11-22-15)12-4-2-1-3-5-12/h1-5,8,11,13H,6-7,9-10H2,(H,20,21). The molecular formula is C17H17NO4. The normalized spacial score (nSPS) is 15.7. The van der Waals surface area contributed by atoms with E-state index < -0.39 is 5.97 Å². The molecule has 0 saturated carbocycles. The van der Waals surface area contributed by atoms with Gasteiger partial charge in [-0.3, -0.25) is 9.59 Å². The third-order valence-electron chi connectivity index (χ3n) is 4.08. The van der Waals surface area contributed by atoms with Crippen LogP contribution in [0.3, 0.4) is 0 Å². The van der Waals surface area contributed by atoms with Crippen molar-refractivity contribution < 1.29 is 19.1 Å². The molecular weight excluding hydrogens is 282 g/mol. The van der Waals surface area contributed by atoms with Gasteiger partial charge in [0.25, 0.3) is 5.91 Å². The van der Waals surface area contributed by atoms with Crippen molar-refractivity contribution in [2.24, 2.45) is 5.92 Å². The number of furan rings is 1. The van der Waals surface area contributed by atoms with E-state index in [2.05, 4.69) is 0 Å². The van der Waals surface area contributed by atoms with Crippen molar-refractivity contribution in [3.8, 4) is 11.1 Å². The Labute approximate surface area is 128 Å². The Morgan fingerprint density at radius 1 is 1.09 bits per heavy atom. The van der Waals surface area contributed by atoms with Gasteiger partial charge >= 0.3 is 5.97 Å². The van der Waals surface area contributed by atoms with E-state index in [1.807, 2.05) is 30.3 Å². The van der Waals surface area contributed by atoms with E-state index in [4.69, 9.17) is 9.52 Å². The number of carbonyl (C=O) groups is 2. The first-order valence-corrected chi connectivity index (χ1v) is 7.32. The van der Waals surface area contributed by atoms with Gasteiger partial charge in [-0.1, -0.05) is 30.3 Å². The number of hydrogen-bond donors (Lipinski definition) is 1. The second-order valence-electron chi connectivity index (χ2n) is 5.43. The zero-order valence-corrected chi connectivity index (χ0v) is 12.1. The van der Waals surface area contributed by atoms with E-state index in [0.717, 1.165) is 11.1 Å². The van der Waals surface area contributed by atoms with Crippen molar-refractivity contribution in [3.05, 3.63) is 48.4 Å². The molecule has 1 amide bonds. The van der Waals surface area contributed by atoms with E-state index in [0.29, 0.717) is 31.7 Å². The first-order valence-electron chi connectivity index (χ1n) is 7.32. The number of benzene rings is 1. The molecule has 1 aromatic heterocycles. The average Bonchev–Trinajstić information content (AvgIpc) is 3.04. The van der Waals surface area contributed by atoms with Gasteiger partial charge in [0.1, 0.15) is 0 Å². The number of nitrogens with zero attached hydrogens (tertiary/aromatic N) is 1. The van der Waals surface area contributed by atoms with Crippen molar-refractivity contribution in [2.75, 3.05) is 13.1 Å². The Bertz CT molecular complexity index is 669. The fourth-order valence-corrected chi connectivity index (χ4v) is 2.79. The summed E-state index contributed by atoms with van der Waals surface area (Å²) in [6, 6.07) is 11.4. The minimum Gasteiger partial charge on any atom is -0.481 e. The summed E-state index contributed by atoms with van der Waals surface area (Å²) in [5, 5.41) is 9.02. The fourth-order valence-electron chi connectivity index (χ4n) is 2.79. The number of carboxylic acids is 1. The molecule has 1 aromatic carbocycles. The zero-order chi connectivity index (χ0) is 15.5. The number of carboxylic acid groups (broad SMARTS) is 1. The van der Waals surface area contributed by atoms with Gasteiger partial charge in [0.15, 0.2) is 5.76 Å². The Hall–Kier alpha value is -2.56. The molecule has 5 heteroatoms. The van der Waals surface area contributed by atoms with Crippen molar-refractivity contribution in [3.63, 3.8) is 0 Å². The highest BCUT2D eigenvalue weighted by molar-refractivity contribution is 5.98. The van der Waals surface area contributed by atoms with Gasteiger partial charge in [-0.15, -0.1) is 0 Å². The van der Waals surface area contributed by atoms with Crippen LogP contribution in [-0.2, 0) is 4.79 Å². The largest absolute Gasteiger partial charge is 0.481 e. The Morgan fingerprint density at radius 2 is 1.77 bits per heavy atom. The molecule has 114 valence electrons. The number of likely N-dealkylation sites (tertiary alicyclic amines) is 1. The summed E-state index contributed by atoms with van der Waals surface area (Å²) in [5.74, 6) is -0.989. The van der Waals surface area contributed by atoms with Crippen LogP contribution >= 0.6 is 0 Å². The summed E-state index contributed by atoms with van der Waals surface area (Å²) < 4.78 is 5.40. The predicted molar refractivity (Wildman–Crippen MR) is 80.4 cm³/mol. The molecule has 2 heterocycles. The molecule has 0 atom stereocenters. The number of hydrogen-bond acceptors (Lipinski definition) is 3. The second kappa shape index (κ2) is 6.05. The average molecular weight is 299 g/mol. The van der Waals surface area contributed by atoms with Crippen molar-refractivity contribution in [2.45, 2.75) is 12.8 Å². The van der Waals surface area contributed by atoms with Crippen LogP contribution in [0.5, 0.6) is 0 Å². The molecule has 0 bridgehead atoms. The Morgan fingerprint density at radius 3 is 2.41 bits per heavy atom. The predicted octanol–water partition coefficient (Wildman–Crippen LogP) is 2.88. The third kappa shape index (κ3) is 2.74. The molecule has 1 N–H and O–H groups in total. The summed E-state index contributed by atoms with van der Waals surface area (Å²) >= 11 is 0. The highest BCUT2D eigenvalue weighted by Gasteiger charge is 2.29. The molecule has 1 fully saturated rings. The quantitative estimate of drug-likeness (QED) is 0.946. The van der Waals surface area contributed by atoms with Crippen LogP contribution in [0, 0.1) is 5.92 Å². The molecule has 0 aliphatic carbocycles. The van der Waals surface area contributed by atoms with Crippen LogP contribution in [-0.4, -0.2) is 35.0 Å². The first-order chi connectivity index (χ1) is 10.7. The van der Waals surface area contributed by atoms with Crippen LogP contribution in [0.1, 0.15) is 23.4 Å². The maximum absolute atomic E-state index is 12.6. The SMILES string of the molecule is O=C(O)C1CCN(C(=O)c2occc2-c2ccccc2)CC1. The number of amides is 1. The number of piperidine rings is 1. The van der Waals surface area contributed by atoms with Gasteiger partial charge in [-0.2, -0.15) is 0 Å². The van der Waals surface area contributed by atoms with E-state index in [1.54, 1.807) is 11.0 Å². The van der Waals surface area contributed by atoms with Crippen molar-refractivity contribution in [1.82, 2.24) is 4.90 Å². The summed E-state index contributed by atoms with van der Waals surface area (Å²) in [6.07, 6.45) is 2.49. The lowest BCUT2D eigenvalue weighted by Gasteiger charge is -2.29. The maximum atomic E-state index is 12.6. The van der Waals surface area contributed by atoms with Gasteiger partial charge in [-0.25, -0.2) is 0 Å². The van der Waals surface area contributed by atoms with Gasteiger partial charge in [-0.05, 0) is 24.5 Å². The summed E-state index contributed by atoms with van der Waals surface area (Å²) in [4.78, 5) is 25.3. The van der Waals surface area contributed by atoms with Crippen LogP contribution < -0.4 is 0 Å². The number of rotatable bonds is 3. The molecule has 2 aromatic rings. The fraction of sp³-hybridized carbons (Fsp3) is 0.294. The van der Waals surface area contributed by atoms with Crippen molar-refractivity contribution in [1.29, 1.82) is 0 Å². The van der Waals surface area contributed by atoms with Crippen molar-refractivity contribution >= 4 is 11.9 Å². The van der Waals surface area contributed by atoms with Gasteiger partial charge in [0, 0.05) is 18.7 Å². The summed E-state index contributed by atoms with van der Waals surface area (Å²) in [7, 11) is 0. The molecule has 1 aliphatic rings. The minimum atomic E-state index is -0.782. The lowest BCUT2D eigenvalue weighted by molar-refractivity contribution is -0.143. The third-order valence-corrected chi connectivity index (χ3v) is 4.08. The van der Waals surface area contributed by atoms with Crippen LogP contribution in [0.15, 0.2) is 47.1 Å². The van der Waals surface area contributed by atoms with E-state index in [1.165, 1.54) is 6.26 Å². The second-order valence-corrected chi connectivity index (χ2v) is 5.43. The number of carbonyl (C=O) groups excluding carboxylic acids is 1. The molecule has 0 unspecified atom stereocenters. The summed E-state index contributed by atoms with van der Waals surface area (Å²) in [5.41, 5.74) is 1.70. The lowest BCUT2D eigenvalue weighted by Crippen LogP contribution is -2.40. The summed E-state index contributed by atoms with van der Waals surface area (Å²) in [6.45, 7) is 0.898. The molecule has 0 spiro atoms. The zero-order valence-electron chi connectivity index (χ0n) is 12.1. The lowest BCUT2D eigenvalue weighted by atomic mass is 9.96. The highest BCUT2D eigenvalue weighted by Crippen LogP contribution is 2.27. The Kier molecular flexibility index (Phi) is 3.96. The van der Waals surface area contributed by atoms with Crippen LogP contribution in [0.25, 0.3) is 11.1 Å². The molecule has 0 radical (unpaired) electrons. The highest BCUT2D eigenvalue weighted by atomic mass is 16.4. The smallest absolute Gasteiger partial charge is 0.306 e. The first kappa shape index (κ1) is 14.4. The maximum Gasteiger partial charge on any atom is 0.306 e. The molecule has 1 saturated heterocycles. The van der Waals surface area contributed by atoms with Gasteiger partial charge in [0.2, 0.25) is 0 Å². The molecule has 3 rings (SSSR count). The van der Waals surface area contributed by atoms with E-state index in [-0.39, 0.29) is 11.8 Å². The molecule has 22 heavy (non-hydrogen) atoms. The van der Waals surface area contributed by atoms with E-state index >= 15 is 0 Å². The van der Waals surface area contributed by atoms with Gasteiger partial charge < -0.3 is 14.4 Å². The molecule has 5 nitrogen and oxygen atoms in total. The monoisotopic (exact) mass is 299 g/mol. The topological polar surface area (TPSA) is 70.8 Å². The number of aliphatic carboxylic acids is 1. The minimum absolute atomic E-state index is 0.173. The van der Waals surface area contributed by atoms with Crippen LogP contribution in [0.2, 0.25) is 0 Å². The Balaban J connectivity index is 1.77.